The number of aryl methyl sites for hydroxylation is 1. The Balaban J connectivity index is 1.77. The van der Waals surface area contributed by atoms with Crippen LogP contribution in [0.1, 0.15) is 41.1 Å². The van der Waals surface area contributed by atoms with Crippen molar-refractivity contribution in [1.29, 1.82) is 0 Å². The highest BCUT2D eigenvalue weighted by Crippen LogP contribution is 2.26. The first-order valence-electron chi connectivity index (χ1n) is 10.00. The largest absolute Gasteiger partial charge is 0.355 e. The number of hydrogen-bond donors (Lipinski definition) is 0. The summed E-state index contributed by atoms with van der Waals surface area (Å²) < 4.78 is 0. The van der Waals surface area contributed by atoms with Crippen LogP contribution < -0.4 is 4.90 Å². The Morgan fingerprint density at radius 3 is 2.07 bits per heavy atom. The fraction of sp³-hybridized carbons (Fsp3) is 0.750. The number of likely N-dealkylation sites (N-methyl/N-ethyl adjacent to an activating group) is 1. The van der Waals surface area contributed by atoms with Crippen LogP contribution in [0, 0.1) is 13.8 Å². The fourth-order valence-electron chi connectivity index (χ4n) is 4.10. The summed E-state index contributed by atoms with van der Waals surface area (Å²) in [6, 6.07) is 1.08. The third kappa shape index (κ3) is 4.24. The van der Waals surface area contributed by atoms with Gasteiger partial charge in [-0.1, -0.05) is 0 Å². The lowest BCUT2D eigenvalue weighted by Crippen LogP contribution is -2.45. The van der Waals surface area contributed by atoms with Crippen molar-refractivity contribution in [2.75, 3.05) is 59.3 Å². The van der Waals surface area contributed by atoms with Gasteiger partial charge in [0.2, 0.25) is 5.82 Å². The third-order valence-electron chi connectivity index (χ3n) is 6.23. The molecule has 1 atom stereocenters. The third-order valence-corrected chi connectivity index (χ3v) is 6.23. The molecule has 0 saturated carbocycles. The van der Waals surface area contributed by atoms with Crippen molar-refractivity contribution in [1.82, 2.24) is 24.7 Å². The summed E-state index contributed by atoms with van der Waals surface area (Å²) in [7, 11) is 8.47. The SMILES string of the molecule is Cc1nc(C(=O)N2CCC(N(C)C)CC2)nc(N2CC[C@@H](N(C)C)C2)c1C. The molecule has 0 bridgehead atoms. The van der Waals surface area contributed by atoms with E-state index in [1.54, 1.807) is 0 Å². The van der Waals surface area contributed by atoms with Crippen LogP contribution in [0.25, 0.3) is 0 Å². The zero-order chi connectivity index (χ0) is 19.7. The Morgan fingerprint density at radius 2 is 1.52 bits per heavy atom. The Morgan fingerprint density at radius 1 is 0.926 bits per heavy atom. The number of likely N-dealkylation sites (tertiary alicyclic amines) is 1. The first-order valence-corrected chi connectivity index (χ1v) is 10.00. The molecular formula is C20H34N6O. The Labute approximate surface area is 163 Å². The Kier molecular flexibility index (Phi) is 6.01. The van der Waals surface area contributed by atoms with Crippen LogP contribution in [0.15, 0.2) is 0 Å². The van der Waals surface area contributed by atoms with Gasteiger partial charge in [-0.15, -0.1) is 0 Å². The van der Waals surface area contributed by atoms with Gasteiger partial charge in [0, 0.05) is 49.5 Å². The van der Waals surface area contributed by atoms with Crippen molar-refractivity contribution in [2.24, 2.45) is 0 Å². The molecule has 150 valence electrons. The van der Waals surface area contributed by atoms with Gasteiger partial charge in [0.05, 0.1) is 0 Å². The van der Waals surface area contributed by atoms with E-state index in [1.165, 1.54) is 0 Å². The molecule has 0 aromatic carbocycles. The zero-order valence-electron chi connectivity index (χ0n) is 17.7. The number of piperidine rings is 1. The second-order valence-corrected chi connectivity index (χ2v) is 8.42. The van der Waals surface area contributed by atoms with E-state index in [0.717, 1.165) is 62.5 Å². The fourth-order valence-corrected chi connectivity index (χ4v) is 4.10. The monoisotopic (exact) mass is 374 g/mol. The minimum Gasteiger partial charge on any atom is -0.355 e. The summed E-state index contributed by atoms with van der Waals surface area (Å²) in [6.45, 7) is 7.52. The molecule has 1 aromatic heterocycles. The molecule has 2 fully saturated rings. The maximum absolute atomic E-state index is 13.0. The van der Waals surface area contributed by atoms with Crippen LogP contribution >= 0.6 is 0 Å². The van der Waals surface area contributed by atoms with E-state index in [0.29, 0.717) is 17.9 Å². The average Bonchev–Trinajstić information content (AvgIpc) is 3.13. The summed E-state index contributed by atoms with van der Waals surface area (Å²) in [5.74, 6) is 1.25. The highest BCUT2D eigenvalue weighted by molar-refractivity contribution is 5.91. The molecule has 2 aliphatic heterocycles. The van der Waals surface area contributed by atoms with Gasteiger partial charge in [-0.2, -0.15) is 0 Å². The molecule has 3 heterocycles. The molecular weight excluding hydrogens is 340 g/mol. The number of amides is 1. The number of carbonyl (C=O) groups is 1. The highest BCUT2D eigenvalue weighted by atomic mass is 16.2. The lowest BCUT2D eigenvalue weighted by Gasteiger charge is -2.35. The molecule has 0 spiro atoms. The van der Waals surface area contributed by atoms with E-state index < -0.39 is 0 Å². The average molecular weight is 375 g/mol. The first-order chi connectivity index (χ1) is 12.8. The van der Waals surface area contributed by atoms with Crippen molar-refractivity contribution in [3.05, 3.63) is 17.1 Å². The van der Waals surface area contributed by atoms with E-state index in [1.807, 2.05) is 11.8 Å². The molecule has 0 N–H and O–H groups in total. The molecule has 2 saturated heterocycles. The number of hydrogen-bond acceptors (Lipinski definition) is 6. The molecule has 0 aliphatic carbocycles. The molecule has 7 nitrogen and oxygen atoms in total. The van der Waals surface area contributed by atoms with Crippen LogP contribution in [0.5, 0.6) is 0 Å². The topological polar surface area (TPSA) is 55.8 Å². The van der Waals surface area contributed by atoms with Gasteiger partial charge in [0.15, 0.2) is 0 Å². The van der Waals surface area contributed by atoms with E-state index in [2.05, 4.69) is 54.8 Å². The second kappa shape index (κ2) is 8.10. The minimum atomic E-state index is -0.0279. The normalized spacial score (nSPS) is 21.6. The quantitative estimate of drug-likeness (QED) is 0.794. The summed E-state index contributed by atoms with van der Waals surface area (Å²) in [5.41, 5.74) is 1.98. The van der Waals surface area contributed by atoms with E-state index >= 15 is 0 Å². The van der Waals surface area contributed by atoms with Gasteiger partial charge in [-0.3, -0.25) is 4.79 Å². The van der Waals surface area contributed by atoms with Crippen molar-refractivity contribution >= 4 is 11.7 Å². The van der Waals surface area contributed by atoms with Gasteiger partial charge in [-0.25, -0.2) is 9.97 Å². The summed E-state index contributed by atoms with van der Waals surface area (Å²) in [4.78, 5) is 31.1. The number of aromatic nitrogens is 2. The Bertz CT molecular complexity index is 681. The van der Waals surface area contributed by atoms with E-state index in [9.17, 15) is 4.79 Å². The van der Waals surface area contributed by atoms with Gasteiger partial charge >= 0.3 is 0 Å². The molecule has 3 rings (SSSR count). The maximum Gasteiger partial charge on any atom is 0.291 e. The number of rotatable bonds is 4. The van der Waals surface area contributed by atoms with E-state index in [-0.39, 0.29) is 5.91 Å². The molecule has 1 amide bonds. The van der Waals surface area contributed by atoms with Gasteiger partial charge < -0.3 is 19.6 Å². The minimum absolute atomic E-state index is 0.0279. The lowest BCUT2D eigenvalue weighted by molar-refractivity contribution is 0.0651. The predicted octanol–water partition coefficient (Wildman–Crippen LogP) is 1.40. The van der Waals surface area contributed by atoms with Crippen LogP contribution in [0.2, 0.25) is 0 Å². The predicted molar refractivity (Wildman–Crippen MR) is 108 cm³/mol. The van der Waals surface area contributed by atoms with Crippen molar-refractivity contribution in [3.8, 4) is 0 Å². The molecule has 0 unspecified atom stereocenters. The maximum atomic E-state index is 13.0. The Hall–Kier alpha value is -1.73. The number of nitrogens with zero attached hydrogens (tertiary/aromatic N) is 6. The molecule has 2 aliphatic rings. The smallest absolute Gasteiger partial charge is 0.291 e. The summed E-state index contributed by atoms with van der Waals surface area (Å²) >= 11 is 0. The van der Waals surface area contributed by atoms with Crippen LogP contribution in [-0.2, 0) is 0 Å². The van der Waals surface area contributed by atoms with Crippen molar-refractivity contribution in [3.63, 3.8) is 0 Å². The van der Waals surface area contributed by atoms with Crippen LogP contribution in [-0.4, -0.2) is 97.0 Å². The van der Waals surface area contributed by atoms with Crippen molar-refractivity contribution < 1.29 is 4.79 Å². The summed E-state index contributed by atoms with van der Waals surface area (Å²) in [6.07, 6.45) is 3.14. The molecule has 0 radical (unpaired) electrons. The number of anilines is 1. The highest BCUT2D eigenvalue weighted by Gasteiger charge is 2.30. The molecule has 1 aromatic rings. The molecule has 7 heteroatoms. The van der Waals surface area contributed by atoms with Crippen LogP contribution in [0.3, 0.4) is 0 Å². The van der Waals surface area contributed by atoms with Gasteiger partial charge in [0.1, 0.15) is 5.82 Å². The molecule has 27 heavy (non-hydrogen) atoms. The van der Waals surface area contributed by atoms with E-state index in [4.69, 9.17) is 4.98 Å². The number of carbonyl (C=O) groups excluding carboxylic acids is 1. The standard InChI is InChI=1S/C20H34N6O/c1-14-15(2)21-18(20(27)25-10-7-16(8-11-25)23(3)4)22-19(14)26-12-9-17(13-26)24(5)6/h16-17H,7-13H2,1-6H3/t17-/m1/s1. The lowest BCUT2D eigenvalue weighted by atomic mass is 10.0. The summed E-state index contributed by atoms with van der Waals surface area (Å²) in [5, 5.41) is 0. The van der Waals surface area contributed by atoms with Gasteiger partial charge in [0.25, 0.3) is 5.91 Å². The zero-order valence-corrected chi connectivity index (χ0v) is 17.7. The second-order valence-electron chi connectivity index (χ2n) is 8.42. The van der Waals surface area contributed by atoms with Gasteiger partial charge in [-0.05, 0) is 61.3 Å². The van der Waals surface area contributed by atoms with Crippen molar-refractivity contribution in [2.45, 2.75) is 45.2 Å². The van der Waals surface area contributed by atoms with Crippen LogP contribution in [0.4, 0.5) is 5.82 Å². The first kappa shape index (κ1) is 20.0.